The molecular weight excluding hydrogens is 450 g/mol. The Morgan fingerprint density at radius 1 is 1.09 bits per heavy atom. The maximum Gasteiger partial charge on any atom is 0.230 e. The molecule has 0 atom stereocenters. The van der Waals surface area contributed by atoms with Gasteiger partial charge in [-0.2, -0.15) is 9.36 Å². The van der Waals surface area contributed by atoms with E-state index in [2.05, 4.69) is 36.7 Å². The monoisotopic (exact) mass is 483 g/mol. The van der Waals surface area contributed by atoms with Gasteiger partial charge in [0.15, 0.2) is 5.82 Å². The Kier molecular flexibility index (Phi) is 6.15. The number of ether oxygens (including phenoxy) is 1. The van der Waals surface area contributed by atoms with Gasteiger partial charge in [-0.25, -0.2) is 4.98 Å². The van der Waals surface area contributed by atoms with Crippen molar-refractivity contribution in [2.24, 2.45) is 0 Å². The molecule has 0 radical (unpaired) electrons. The molecule has 3 fully saturated rings. The molecule has 3 aromatic rings. The van der Waals surface area contributed by atoms with Gasteiger partial charge in [-0.05, 0) is 69.1 Å². The topological polar surface area (TPSA) is 100 Å². The molecule has 0 bridgehead atoms. The molecule has 34 heavy (non-hydrogen) atoms. The second kappa shape index (κ2) is 9.41. The lowest BCUT2D eigenvalue weighted by atomic mass is 9.89. The van der Waals surface area contributed by atoms with Crippen molar-refractivity contribution in [2.45, 2.75) is 69.7 Å². The first kappa shape index (κ1) is 22.2. The van der Waals surface area contributed by atoms with Crippen molar-refractivity contribution in [3.63, 3.8) is 0 Å². The van der Waals surface area contributed by atoms with Crippen LogP contribution in [0.15, 0.2) is 18.3 Å². The minimum atomic E-state index is -0.203. The third-order valence-electron chi connectivity index (χ3n) is 7.51. The van der Waals surface area contributed by atoms with Gasteiger partial charge in [0.25, 0.3) is 0 Å². The number of nitrogens with zero attached hydrogens (tertiary/aromatic N) is 5. The third-order valence-corrected chi connectivity index (χ3v) is 8.30. The van der Waals surface area contributed by atoms with Crippen LogP contribution in [0, 0.1) is 6.92 Å². The average molecular weight is 484 g/mol. The second-order valence-electron chi connectivity index (χ2n) is 9.89. The van der Waals surface area contributed by atoms with Crippen molar-refractivity contribution < 1.29 is 9.84 Å². The SMILES string of the molecule is Cc1cc(Nc2nc(NC3CCC(N4CCOCC4)CC3)c3c(ccn3C3CC(O)C3)n2)sn1. The van der Waals surface area contributed by atoms with Crippen molar-refractivity contribution in [1.82, 2.24) is 23.8 Å². The molecule has 0 amide bonds. The van der Waals surface area contributed by atoms with Crippen molar-refractivity contribution in [3.05, 3.63) is 24.0 Å². The van der Waals surface area contributed by atoms with Crippen LogP contribution in [0.4, 0.5) is 16.8 Å². The zero-order chi connectivity index (χ0) is 23.1. The first-order chi connectivity index (χ1) is 16.6. The number of rotatable bonds is 6. The fraction of sp³-hybridized carbons (Fsp3) is 0.625. The van der Waals surface area contributed by atoms with E-state index in [1.807, 2.05) is 13.0 Å². The second-order valence-corrected chi connectivity index (χ2v) is 10.7. The summed E-state index contributed by atoms with van der Waals surface area (Å²) in [5.41, 5.74) is 2.95. The summed E-state index contributed by atoms with van der Waals surface area (Å²) in [5.74, 6) is 1.47. The van der Waals surface area contributed by atoms with E-state index in [4.69, 9.17) is 14.7 Å². The number of aliphatic hydroxyl groups excluding tert-OH is 1. The van der Waals surface area contributed by atoms with Gasteiger partial charge in [-0.1, -0.05) is 0 Å². The number of aryl methyl sites for hydroxylation is 1. The van der Waals surface area contributed by atoms with E-state index in [1.165, 1.54) is 24.4 Å². The number of nitrogens with one attached hydrogen (secondary N) is 2. The molecule has 2 saturated carbocycles. The molecule has 1 aliphatic heterocycles. The Morgan fingerprint density at radius 3 is 2.59 bits per heavy atom. The van der Waals surface area contributed by atoms with E-state index in [9.17, 15) is 5.11 Å². The van der Waals surface area contributed by atoms with Crippen LogP contribution < -0.4 is 10.6 Å². The first-order valence-electron chi connectivity index (χ1n) is 12.5. The highest BCUT2D eigenvalue weighted by atomic mass is 32.1. The molecular formula is C24H33N7O2S. The van der Waals surface area contributed by atoms with Gasteiger partial charge in [0.1, 0.15) is 10.5 Å². The van der Waals surface area contributed by atoms with E-state index < -0.39 is 0 Å². The fourth-order valence-corrected chi connectivity index (χ4v) is 6.22. The van der Waals surface area contributed by atoms with Crippen LogP contribution in [-0.2, 0) is 4.74 Å². The summed E-state index contributed by atoms with van der Waals surface area (Å²) in [6.45, 7) is 5.82. The molecule has 182 valence electrons. The van der Waals surface area contributed by atoms with Crippen LogP contribution in [0.3, 0.4) is 0 Å². The van der Waals surface area contributed by atoms with Gasteiger partial charge in [0, 0.05) is 37.4 Å². The summed E-state index contributed by atoms with van der Waals surface area (Å²) >= 11 is 1.42. The van der Waals surface area contributed by atoms with Crippen molar-refractivity contribution in [1.29, 1.82) is 0 Å². The van der Waals surface area contributed by atoms with E-state index >= 15 is 0 Å². The fourth-order valence-electron chi connectivity index (χ4n) is 5.57. The lowest BCUT2D eigenvalue weighted by Gasteiger charge is -2.39. The maximum absolute atomic E-state index is 9.88. The minimum absolute atomic E-state index is 0.203. The molecule has 0 spiro atoms. The minimum Gasteiger partial charge on any atom is -0.393 e. The highest BCUT2D eigenvalue weighted by molar-refractivity contribution is 7.10. The van der Waals surface area contributed by atoms with Gasteiger partial charge < -0.3 is 25.0 Å². The number of hydrogen-bond donors (Lipinski definition) is 3. The zero-order valence-electron chi connectivity index (χ0n) is 19.6. The smallest absolute Gasteiger partial charge is 0.230 e. The maximum atomic E-state index is 9.88. The number of anilines is 3. The highest BCUT2D eigenvalue weighted by Gasteiger charge is 2.31. The molecule has 10 heteroatoms. The van der Waals surface area contributed by atoms with Crippen LogP contribution in [0.5, 0.6) is 0 Å². The Labute approximate surface area is 203 Å². The Balaban J connectivity index is 1.24. The quantitative estimate of drug-likeness (QED) is 0.488. The van der Waals surface area contributed by atoms with Crippen molar-refractivity contribution in [2.75, 3.05) is 36.9 Å². The largest absolute Gasteiger partial charge is 0.393 e. The number of fused-ring (bicyclic) bond motifs is 1. The summed E-state index contributed by atoms with van der Waals surface area (Å²) in [6.07, 6.45) is 8.13. The summed E-state index contributed by atoms with van der Waals surface area (Å²) in [4.78, 5) is 12.3. The van der Waals surface area contributed by atoms with Gasteiger partial charge >= 0.3 is 0 Å². The van der Waals surface area contributed by atoms with Crippen LogP contribution in [0.25, 0.3) is 11.0 Å². The van der Waals surface area contributed by atoms with Gasteiger partial charge in [-0.3, -0.25) is 4.90 Å². The van der Waals surface area contributed by atoms with E-state index in [-0.39, 0.29) is 6.10 Å². The van der Waals surface area contributed by atoms with Crippen LogP contribution >= 0.6 is 11.5 Å². The molecule has 3 N–H and O–H groups in total. The van der Waals surface area contributed by atoms with E-state index in [0.29, 0.717) is 24.1 Å². The molecule has 1 saturated heterocycles. The standard InChI is InChI=1S/C24H33N7O2S/c1-15-12-21(34-29-15)27-24-26-20-6-7-31(18-13-19(32)14-18)22(20)23(28-24)25-16-2-4-17(5-3-16)30-8-10-33-11-9-30/h6-7,12,16-19,32H,2-5,8-11,13-14H2,1H3,(H2,25,26,27,28). The van der Waals surface area contributed by atoms with Crippen LogP contribution in [-0.4, -0.2) is 73.4 Å². The van der Waals surface area contributed by atoms with Gasteiger partial charge in [0.2, 0.25) is 5.95 Å². The molecule has 4 heterocycles. The third kappa shape index (κ3) is 4.51. The zero-order valence-corrected chi connectivity index (χ0v) is 20.4. The highest BCUT2D eigenvalue weighted by Crippen LogP contribution is 2.38. The molecule has 0 unspecified atom stereocenters. The summed E-state index contributed by atoms with van der Waals surface area (Å²) < 4.78 is 12.1. The van der Waals surface area contributed by atoms with Crippen LogP contribution in [0.1, 0.15) is 50.3 Å². The van der Waals surface area contributed by atoms with Crippen molar-refractivity contribution in [3.8, 4) is 0 Å². The Morgan fingerprint density at radius 2 is 1.88 bits per heavy atom. The van der Waals surface area contributed by atoms with Gasteiger partial charge in [-0.15, -0.1) is 0 Å². The Bertz CT molecular complexity index is 1130. The number of hydrogen-bond acceptors (Lipinski definition) is 9. The lowest BCUT2D eigenvalue weighted by molar-refractivity contribution is 0.00790. The van der Waals surface area contributed by atoms with E-state index in [1.54, 1.807) is 0 Å². The Hall–Kier alpha value is -2.27. The average Bonchev–Trinajstić information content (AvgIpc) is 3.44. The lowest BCUT2D eigenvalue weighted by Crippen LogP contribution is -2.46. The normalized spacial score (nSPS) is 28.1. The number of aromatic nitrogens is 4. The molecule has 3 aliphatic rings. The molecule has 3 aromatic heterocycles. The summed E-state index contributed by atoms with van der Waals surface area (Å²) in [7, 11) is 0. The predicted octanol–water partition coefficient (Wildman–Crippen LogP) is 3.69. The molecule has 9 nitrogen and oxygen atoms in total. The number of aliphatic hydroxyl groups is 1. The summed E-state index contributed by atoms with van der Waals surface area (Å²) in [6, 6.07) is 5.44. The van der Waals surface area contributed by atoms with Crippen LogP contribution in [0.2, 0.25) is 0 Å². The van der Waals surface area contributed by atoms with Crippen molar-refractivity contribution >= 4 is 39.3 Å². The predicted molar refractivity (Wildman–Crippen MR) is 134 cm³/mol. The molecule has 6 rings (SSSR count). The molecule has 2 aliphatic carbocycles. The summed E-state index contributed by atoms with van der Waals surface area (Å²) in [5, 5.41) is 17.9. The molecule has 0 aromatic carbocycles. The van der Waals surface area contributed by atoms with Gasteiger partial charge in [0.05, 0.1) is 30.5 Å². The number of morpholine rings is 1. The van der Waals surface area contributed by atoms with E-state index in [0.717, 1.165) is 79.5 Å². The first-order valence-corrected chi connectivity index (χ1v) is 13.2.